The van der Waals surface area contributed by atoms with E-state index in [2.05, 4.69) is 24.1 Å². The normalized spacial score (nSPS) is 29.5. The average Bonchev–Trinajstić information content (AvgIpc) is 2.40. The molecular formula is C15H29ClN2O. The Kier molecular flexibility index (Phi) is 7.16. The third kappa shape index (κ3) is 4.64. The van der Waals surface area contributed by atoms with Crippen molar-refractivity contribution in [2.45, 2.75) is 58.4 Å². The van der Waals surface area contributed by atoms with Crippen LogP contribution in [0.25, 0.3) is 0 Å². The van der Waals surface area contributed by atoms with Gasteiger partial charge in [0.05, 0.1) is 0 Å². The maximum absolute atomic E-state index is 12.4. The molecule has 112 valence electrons. The minimum absolute atomic E-state index is 0. The number of nitrogens with one attached hydrogen (secondary N) is 1. The van der Waals surface area contributed by atoms with Crippen LogP contribution in [0.2, 0.25) is 0 Å². The molecule has 1 amide bonds. The van der Waals surface area contributed by atoms with Crippen LogP contribution >= 0.6 is 12.4 Å². The maximum Gasteiger partial charge on any atom is 0.223 e. The number of carbonyl (C=O) groups excluding carboxylic acids is 1. The van der Waals surface area contributed by atoms with Crippen LogP contribution in [0.3, 0.4) is 0 Å². The van der Waals surface area contributed by atoms with E-state index in [9.17, 15) is 4.79 Å². The molecule has 3 atom stereocenters. The first-order valence-corrected chi connectivity index (χ1v) is 7.68. The summed E-state index contributed by atoms with van der Waals surface area (Å²) in [6.07, 6.45) is 6.96. The summed E-state index contributed by atoms with van der Waals surface area (Å²) in [5.41, 5.74) is 0. The Morgan fingerprint density at radius 1 is 1.32 bits per heavy atom. The summed E-state index contributed by atoms with van der Waals surface area (Å²) in [6.45, 7) is 7.69. The van der Waals surface area contributed by atoms with E-state index in [-0.39, 0.29) is 12.4 Å². The van der Waals surface area contributed by atoms with Crippen LogP contribution in [0.5, 0.6) is 0 Å². The van der Waals surface area contributed by atoms with E-state index in [4.69, 9.17) is 0 Å². The maximum atomic E-state index is 12.4. The molecule has 1 N–H and O–H groups in total. The van der Waals surface area contributed by atoms with Crippen molar-refractivity contribution in [3.05, 3.63) is 0 Å². The van der Waals surface area contributed by atoms with Crippen molar-refractivity contribution in [3.63, 3.8) is 0 Å². The smallest absolute Gasteiger partial charge is 0.223 e. The van der Waals surface area contributed by atoms with Gasteiger partial charge in [0.2, 0.25) is 5.91 Å². The van der Waals surface area contributed by atoms with Crippen molar-refractivity contribution in [2.24, 2.45) is 11.8 Å². The topological polar surface area (TPSA) is 32.3 Å². The Morgan fingerprint density at radius 3 is 2.74 bits per heavy atom. The van der Waals surface area contributed by atoms with Crippen LogP contribution in [-0.4, -0.2) is 36.5 Å². The third-order valence-electron chi connectivity index (χ3n) is 4.76. The van der Waals surface area contributed by atoms with Crippen molar-refractivity contribution in [1.29, 1.82) is 0 Å². The first-order valence-electron chi connectivity index (χ1n) is 7.68. The molecule has 2 saturated heterocycles. The zero-order valence-electron chi connectivity index (χ0n) is 12.4. The number of halogens is 1. The average molecular weight is 289 g/mol. The lowest BCUT2D eigenvalue weighted by Crippen LogP contribution is -2.43. The van der Waals surface area contributed by atoms with Crippen LogP contribution in [0.4, 0.5) is 0 Å². The highest BCUT2D eigenvalue weighted by atomic mass is 35.5. The van der Waals surface area contributed by atoms with Crippen molar-refractivity contribution in [3.8, 4) is 0 Å². The zero-order valence-corrected chi connectivity index (χ0v) is 13.2. The van der Waals surface area contributed by atoms with Crippen molar-refractivity contribution < 1.29 is 4.79 Å². The van der Waals surface area contributed by atoms with Gasteiger partial charge in [0.15, 0.2) is 0 Å². The molecule has 3 nitrogen and oxygen atoms in total. The molecule has 2 aliphatic rings. The van der Waals surface area contributed by atoms with E-state index in [1.807, 2.05) is 0 Å². The Bertz CT molecular complexity index is 279. The Morgan fingerprint density at radius 2 is 2.11 bits per heavy atom. The summed E-state index contributed by atoms with van der Waals surface area (Å²) < 4.78 is 0. The Hall–Kier alpha value is -0.280. The highest BCUT2D eigenvalue weighted by Gasteiger charge is 2.27. The van der Waals surface area contributed by atoms with Gasteiger partial charge >= 0.3 is 0 Å². The molecule has 2 aliphatic heterocycles. The Balaban J connectivity index is 0.00000180. The number of carbonyl (C=O) groups is 1. The molecule has 0 bridgehead atoms. The van der Waals surface area contributed by atoms with Crippen LogP contribution in [0.1, 0.15) is 52.4 Å². The minimum atomic E-state index is 0. The fourth-order valence-electron chi connectivity index (χ4n) is 3.39. The number of nitrogens with zero attached hydrogens (tertiary/aromatic N) is 1. The monoisotopic (exact) mass is 288 g/mol. The molecule has 0 aromatic carbocycles. The highest BCUT2D eigenvalue weighted by Crippen LogP contribution is 2.25. The van der Waals surface area contributed by atoms with E-state index >= 15 is 0 Å². The molecule has 0 aromatic heterocycles. The van der Waals surface area contributed by atoms with Gasteiger partial charge < -0.3 is 10.2 Å². The van der Waals surface area contributed by atoms with Gasteiger partial charge in [0, 0.05) is 19.0 Å². The quantitative estimate of drug-likeness (QED) is 0.866. The van der Waals surface area contributed by atoms with Gasteiger partial charge in [-0.2, -0.15) is 0 Å². The Labute approximate surface area is 123 Å². The SMILES string of the molecule is CC(CC(=O)N1CCCCC1C)C1CCCNC1.Cl. The fourth-order valence-corrected chi connectivity index (χ4v) is 3.39. The van der Waals surface area contributed by atoms with Gasteiger partial charge in [0.25, 0.3) is 0 Å². The number of amides is 1. The van der Waals surface area contributed by atoms with E-state index in [1.54, 1.807) is 0 Å². The minimum Gasteiger partial charge on any atom is -0.340 e. The zero-order chi connectivity index (χ0) is 13.0. The first kappa shape index (κ1) is 16.8. The van der Waals surface area contributed by atoms with Gasteiger partial charge in [-0.25, -0.2) is 0 Å². The van der Waals surface area contributed by atoms with E-state index in [1.165, 1.54) is 32.1 Å². The molecule has 3 unspecified atom stereocenters. The van der Waals surface area contributed by atoms with Crippen molar-refractivity contribution >= 4 is 18.3 Å². The van der Waals surface area contributed by atoms with Gasteiger partial charge in [-0.3, -0.25) is 4.79 Å². The molecule has 0 saturated carbocycles. The summed E-state index contributed by atoms with van der Waals surface area (Å²) in [4.78, 5) is 14.5. The summed E-state index contributed by atoms with van der Waals surface area (Å²) in [7, 11) is 0. The van der Waals surface area contributed by atoms with Crippen LogP contribution in [-0.2, 0) is 4.79 Å². The first-order chi connectivity index (χ1) is 8.68. The standard InChI is InChI=1S/C15H28N2O.ClH/c1-12(14-7-5-8-16-11-14)10-15(18)17-9-4-3-6-13(17)2;/h12-14,16H,3-11H2,1-2H3;1H. The predicted octanol–water partition coefficient (Wildman–Crippen LogP) is 2.84. The second-order valence-corrected chi connectivity index (χ2v) is 6.22. The van der Waals surface area contributed by atoms with Crippen molar-refractivity contribution in [2.75, 3.05) is 19.6 Å². The molecule has 2 heterocycles. The van der Waals surface area contributed by atoms with E-state index < -0.39 is 0 Å². The molecule has 4 heteroatoms. The van der Waals surface area contributed by atoms with E-state index in [0.717, 1.165) is 26.1 Å². The van der Waals surface area contributed by atoms with E-state index in [0.29, 0.717) is 23.8 Å². The molecule has 19 heavy (non-hydrogen) atoms. The molecule has 0 aromatic rings. The van der Waals surface area contributed by atoms with Gasteiger partial charge in [0.1, 0.15) is 0 Å². The number of hydrogen-bond donors (Lipinski definition) is 1. The summed E-state index contributed by atoms with van der Waals surface area (Å²) in [5.74, 6) is 1.61. The summed E-state index contributed by atoms with van der Waals surface area (Å²) in [5, 5.41) is 3.45. The number of rotatable bonds is 3. The van der Waals surface area contributed by atoms with Gasteiger partial charge in [-0.05, 0) is 64.0 Å². The number of piperidine rings is 2. The molecule has 0 aliphatic carbocycles. The largest absolute Gasteiger partial charge is 0.340 e. The second kappa shape index (κ2) is 8.11. The van der Waals surface area contributed by atoms with Gasteiger partial charge in [-0.1, -0.05) is 6.92 Å². The summed E-state index contributed by atoms with van der Waals surface area (Å²) in [6, 6.07) is 0.461. The fraction of sp³-hybridized carbons (Fsp3) is 0.933. The lowest BCUT2D eigenvalue weighted by Gasteiger charge is -2.35. The van der Waals surface area contributed by atoms with Crippen LogP contribution in [0, 0.1) is 11.8 Å². The van der Waals surface area contributed by atoms with Crippen molar-refractivity contribution in [1.82, 2.24) is 10.2 Å². The molecule has 2 rings (SSSR count). The second-order valence-electron chi connectivity index (χ2n) is 6.22. The molecular weight excluding hydrogens is 260 g/mol. The number of likely N-dealkylation sites (tertiary alicyclic amines) is 1. The van der Waals surface area contributed by atoms with Crippen LogP contribution in [0.15, 0.2) is 0 Å². The molecule has 0 spiro atoms. The van der Waals surface area contributed by atoms with Crippen LogP contribution < -0.4 is 5.32 Å². The highest BCUT2D eigenvalue weighted by molar-refractivity contribution is 5.85. The molecule has 0 radical (unpaired) electrons. The molecule has 2 fully saturated rings. The predicted molar refractivity (Wildman–Crippen MR) is 81.6 cm³/mol. The summed E-state index contributed by atoms with van der Waals surface area (Å²) >= 11 is 0. The lowest BCUT2D eigenvalue weighted by atomic mass is 9.85. The third-order valence-corrected chi connectivity index (χ3v) is 4.76. The lowest BCUT2D eigenvalue weighted by molar-refractivity contribution is -0.135. The van der Waals surface area contributed by atoms with Gasteiger partial charge in [-0.15, -0.1) is 12.4 Å². The number of hydrogen-bond acceptors (Lipinski definition) is 2.